The molecule has 5 heteroatoms. The molecule has 0 atom stereocenters. The molecule has 0 fully saturated rings. The zero-order chi connectivity index (χ0) is 12.2. The average molecular weight is 241 g/mol. The van der Waals surface area contributed by atoms with Crippen LogP contribution in [0.4, 0.5) is 0 Å². The number of carbonyl (C=O) groups is 1. The molecule has 16 heavy (non-hydrogen) atoms. The van der Waals surface area contributed by atoms with Gasteiger partial charge in [0.15, 0.2) is 0 Å². The van der Waals surface area contributed by atoms with E-state index in [9.17, 15) is 9.00 Å². The van der Waals surface area contributed by atoms with Gasteiger partial charge in [0, 0.05) is 22.2 Å². The Labute approximate surface area is 95.8 Å². The van der Waals surface area contributed by atoms with Crippen molar-refractivity contribution < 1.29 is 13.7 Å². The number of nitrogens with zero attached hydrogens (tertiary/aromatic N) is 1. The maximum Gasteiger partial charge on any atom is 0.337 e. The summed E-state index contributed by atoms with van der Waals surface area (Å²) in [5.74, 6) is -0.363. The van der Waals surface area contributed by atoms with E-state index in [1.165, 1.54) is 7.11 Å². The summed E-state index contributed by atoms with van der Waals surface area (Å²) in [4.78, 5) is 11.2. The number of methoxy groups -OCH3 is 1. The zero-order valence-corrected chi connectivity index (χ0v) is 10.4. The molecule has 4 nitrogen and oxygen atoms in total. The lowest BCUT2D eigenvalue weighted by molar-refractivity contribution is 0.0600. The van der Waals surface area contributed by atoms with Crippen LogP contribution in [0.15, 0.2) is 28.6 Å². The zero-order valence-electron chi connectivity index (χ0n) is 9.60. The van der Waals surface area contributed by atoms with E-state index < -0.39 is 9.73 Å². The first-order chi connectivity index (χ1) is 7.42. The standard InChI is InChI=1S/C11H15NO3S/c1-15-11(13)10-6-4-9(5-7-10)8-12-16(2,3)14/h4-7H,8H2,1-3H3. The lowest BCUT2D eigenvalue weighted by atomic mass is 10.1. The lowest BCUT2D eigenvalue weighted by Gasteiger charge is -2.01. The Hall–Kier alpha value is -1.36. The summed E-state index contributed by atoms with van der Waals surface area (Å²) >= 11 is 0. The van der Waals surface area contributed by atoms with Gasteiger partial charge in [-0.1, -0.05) is 12.1 Å². The third-order valence-corrected chi connectivity index (χ3v) is 2.68. The second-order valence-electron chi connectivity index (χ2n) is 3.66. The van der Waals surface area contributed by atoms with Crippen molar-refractivity contribution in [3.8, 4) is 0 Å². The molecule has 0 saturated carbocycles. The summed E-state index contributed by atoms with van der Waals surface area (Å²) in [5.41, 5.74) is 1.42. The van der Waals surface area contributed by atoms with Crippen LogP contribution in [-0.2, 0) is 21.0 Å². The van der Waals surface area contributed by atoms with E-state index in [0.717, 1.165) is 5.56 Å². The molecule has 0 radical (unpaired) electrons. The highest BCUT2D eigenvalue weighted by Gasteiger charge is 2.03. The monoisotopic (exact) mass is 241 g/mol. The van der Waals surface area contributed by atoms with Crippen LogP contribution >= 0.6 is 0 Å². The van der Waals surface area contributed by atoms with E-state index in [0.29, 0.717) is 12.1 Å². The lowest BCUT2D eigenvalue weighted by Crippen LogP contribution is -2.00. The Bertz CT molecular complexity index is 476. The van der Waals surface area contributed by atoms with E-state index in [-0.39, 0.29) is 5.97 Å². The van der Waals surface area contributed by atoms with Gasteiger partial charge in [-0.15, -0.1) is 0 Å². The minimum absolute atomic E-state index is 0.363. The summed E-state index contributed by atoms with van der Waals surface area (Å²) in [5, 5.41) is 0. The van der Waals surface area contributed by atoms with Crippen molar-refractivity contribution in [3.05, 3.63) is 35.4 Å². The minimum atomic E-state index is -2.07. The Morgan fingerprint density at radius 2 is 1.88 bits per heavy atom. The van der Waals surface area contributed by atoms with Gasteiger partial charge in [-0.25, -0.2) is 9.16 Å². The van der Waals surface area contributed by atoms with Crippen LogP contribution in [0.3, 0.4) is 0 Å². The molecule has 0 amide bonds. The average Bonchev–Trinajstić information content (AvgIpc) is 2.25. The predicted octanol–water partition coefficient (Wildman–Crippen LogP) is 1.70. The normalized spacial score (nSPS) is 10.9. The molecule has 88 valence electrons. The molecule has 0 aliphatic carbocycles. The molecule has 1 aromatic rings. The number of hydrogen-bond donors (Lipinski definition) is 0. The third-order valence-electron chi connectivity index (χ3n) is 1.93. The van der Waals surface area contributed by atoms with Gasteiger partial charge in [-0.2, -0.15) is 0 Å². The van der Waals surface area contributed by atoms with Crippen LogP contribution in [0, 0.1) is 0 Å². The molecular formula is C11H15NO3S. The molecule has 1 aromatic carbocycles. The SMILES string of the molecule is COC(=O)c1ccc(CN=S(C)(C)=O)cc1. The first-order valence-electron chi connectivity index (χ1n) is 4.72. The summed E-state index contributed by atoms with van der Waals surface area (Å²) in [6, 6.07) is 6.90. The van der Waals surface area contributed by atoms with Crippen LogP contribution < -0.4 is 0 Å². The third kappa shape index (κ3) is 4.02. The van der Waals surface area contributed by atoms with Gasteiger partial charge in [-0.3, -0.25) is 4.21 Å². The summed E-state index contributed by atoms with van der Waals surface area (Å²) in [6.45, 7) is 0.396. The molecule has 0 N–H and O–H groups in total. The number of benzene rings is 1. The predicted molar refractivity (Wildman–Crippen MR) is 63.9 cm³/mol. The molecule has 1 rings (SSSR count). The highest BCUT2D eigenvalue weighted by Crippen LogP contribution is 2.07. The first kappa shape index (κ1) is 12.7. The van der Waals surface area contributed by atoms with Gasteiger partial charge in [-0.05, 0) is 17.7 Å². The summed E-state index contributed by atoms with van der Waals surface area (Å²) in [6.07, 6.45) is 3.19. The maximum atomic E-state index is 11.3. The van der Waals surface area contributed by atoms with Crippen LogP contribution in [0.2, 0.25) is 0 Å². The van der Waals surface area contributed by atoms with Crippen molar-refractivity contribution in [2.75, 3.05) is 19.6 Å². The number of hydrogen-bond acceptors (Lipinski definition) is 4. The highest BCUT2D eigenvalue weighted by molar-refractivity contribution is 7.92. The largest absolute Gasteiger partial charge is 0.465 e. The van der Waals surface area contributed by atoms with Gasteiger partial charge in [0.05, 0.1) is 19.2 Å². The number of esters is 1. The number of carbonyl (C=O) groups excluding carboxylic acids is 1. The van der Waals surface area contributed by atoms with Crippen molar-refractivity contribution in [3.63, 3.8) is 0 Å². The van der Waals surface area contributed by atoms with Crippen molar-refractivity contribution >= 4 is 15.7 Å². The van der Waals surface area contributed by atoms with E-state index in [1.807, 2.05) is 0 Å². The fourth-order valence-electron chi connectivity index (χ4n) is 1.09. The summed E-state index contributed by atoms with van der Waals surface area (Å²) in [7, 11) is -0.728. The Kier molecular flexibility index (Phi) is 4.06. The summed E-state index contributed by atoms with van der Waals surface area (Å²) < 4.78 is 20.0. The highest BCUT2D eigenvalue weighted by atomic mass is 32.2. The van der Waals surface area contributed by atoms with Gasteiger partial charge in [0.2, 0.25) is 0 Å². The number of ether oxygens (including phenoxy) is 1. The molecule has 0 aromatic heterocycles. The molecule has 0 aliphatic heterocycles. The quantitative estimate of drug-likeness (QED) is 0.757. The topological polar surface area (TPSA) is 55.7 Å². The molecule has 0 spiro atoms. The van der Waals surface area contributed by atoms with Crippen molar-refractivity contribution in [2.24, 2.45) is 4.36 Å². The molecule has 0 unspecified atom stereocenters. The van der Waals surface area contributed by atoms with Crippen LogP contribution in [-0.4, -0.2) is 29.8 Å². The van der Waals surface area contributed by atoms with E-state index in [2.05, 4.69) is 9.10 Å². The van der Waals surface area contributed by atoms with E-state index >= 15 is 0 Å². The van der Waals surface area contributed by atoms with E-state index in [1.54, 1.807) is 36.8 Å². The van der Waals surface area contributed by atoms with E-state index in [4.69, 9.17) is 0 Å². The Morgan fingerprint density at radius 3 is 2.31 bits per heavy atom. The molecule has 0 bridgehead atoms. The van der Waals surface area contributed by atoms with Crippen molar-refractivity contribution in [1.29, 1.82) is 0 Å². The molecular weight excluding hydrogens is 226 g/mol. The fraction of sp³-hybridized carbons (Fsp3) is 0.364. The Morgan fingerprint density at radius 1 is 1.31 bits per heavy atom. The molecule has 0 saturated heterocycles. The second-order valence-corrected chi connectivity index (χ2v) is 6.28. The smallest absolute Gasteiger partial charge is 0.337 e. The van der Waals surface area contributed by atoms with Crippen LogP contribution in [0.1, 0.15) is 15.9 Å². The van der Waals surface area contributed by atoms with Gasteiger partial charge in [0.1, 0.15) is 0 Å². The van der Waals surface area contributed by atoms with Crippen LogP contribution in [0.5, 0.6) is 0 Å². The first-order valence-corrected chi connectivity index (χ1v) is 7.05. The Balaban J connectivity index is 2.80. The molecule has 0 heterocycles. The van der Waals surface area contributed by atoms with Gasteiger partial charge in [0.25, 0.3) is 0 Å². The van der Waals surface area contributed by atoms with Crippen LogP contribution in [0.25, 0.3) is 0 Å². The van der Waals surface area contributed by atoms with Crippen molar-refractivity contribution in [2.45, 2.75) is 6.54 Å². The minimum Gasteiger partial charge on any atom is -0.465 e. The second kappa shape index (κ2) is 5.12. The maximum absolute atomic E-state index is 11.3. The fourth-order valence-corrected chi connectivity index (χ4v) is 1.55. The molecule has 0 aliphatic rings. The van der Waals surface area contributed by atoms with Crippen molar-refractivity contribution in [1.82, 2.24) is 0 Å². The van der Waals surface area contributed by atoms with Gasteiger partial charge >= 0.3 is 5.97 Å². The van der Waals surface area contributed by atoms with Gasteiger partial charge < -0.3 is 4.74 Å². The number of rotatable bonds is 3.